The van der Waals surface area contributed by atoms with Crippen molar-refractivity contribution in [3.8, 4) is 11.5 Å². The molecule has 1 atom stereocenters. The molecule has 9 heteroatoms. The van der Waals surface area contributed by atoms with Gasteiger partial charge in [0, 0.05) is 43.3 Å². The van der Waals surface area contributed by atoms with Crippen LogP contribution >= 0.6 is 0 Å². The maximum absolute atomic E-state index is 13.1. The second kappa shape index (κ2) is 10.4. The lowest BCUT2D eigenvalue weighted by Crippen LogP contribution is -2.30. The lowest BCUT2D eigenvalue weighted by molar-refractivity contribution is 0.102. The lowest BCUT2D eigenvalue weighted by Gasteiger charge is -2.25. The normalized spacial score (nSPS) is 15.7. The number of nitrogens with zero attached hydrogens (tertiary/aromatic N) is 6. The van der Waals surface area contributed by atoms with Crippen molar-refractivity contribution in [3.63, 3.8) is 0 Å². The van der Waals surface area contributed by atoms with E-state index in [-0.39, 0.29) is 11.9 Å². The molecule has 0 bridgehead atoms. The van der Waals surface area contributed by atoms with Crippen LogP contribution in [0.2, 0.25) is 0 Å². The molecule has 1 amide bonds. The summed E-state index contributed by atoms with van der Waals surface area (Å²) < 4.78 is 7.23. The first-order chi connectivity index (χ1) is 17.5. The van der Waals surface area contributed by atoms with Crippen molar-refractivity contribution in [1.82, 2.24) is 24.7 Å². The summed E-state index contributed by atoms with van der Waals surface area (Å²) in [4.78, 5) is 25.0. The van der Waals surface area contributed by atoms with Gasteiger partial charge in [-0.25, -0.2) is 9.97 Å². The van der Waals surface area contributed by atoms with Crippen LogP contribution in [0, 0.1) is 0 Å². The third-order valence-corrected chi connectivity index (χ3v) is 6.62. The number of fused-ring (bicyclic) bond motifs is 1. The van der Waals surface area contributed by atoms with Crippen molar-refractivity contribution in [2.45, 2.75) is 45.2 Å². The highest BCUT2D eigenvalue weighted by Crippen LogP contribution is 2.28. The summed E-state index contributed by atoms with van der Waals surface area (Å²) in [6, 6.07) is 15.8. The van der Waals surface area contributed by atoms with Gasteiger partial charge in [-0.1, -0.05) is 12.1 Å². The van der Waals surface area contributed by atoms with Crippen LogP contribution in [0.3, 0.4) is 0 Å². The van der Waals surface area contributed by atoms with E-state index in [2.05, 4.69) is 51.4 Å². The van der Waals surface area contributed by atoms with Crippen molar-refractivity contribution in [2.75, 3.05) is 30.5 Å². The van der Waals surface area contributed by atoms with Crippen molar-refractivity contribution in [2.24, 2.45) is 0 Å². The van der Waals surface area contributed by atoms with Gasteiger partial charge in [-0.2, -0.15) is 0 Å². The first-order valence-electron chi connectivity index (χ1n) is 12.4. The Hall–Kier alpha value is -3.85. The van der Waals surface area contributed by atoms with E-state index in [0.717, 1.165) is 49.1 Å². The summed E-state index contributed by atoms with van der Waals surface area (Å²) in [5, 5.41) is 12.1. The fraction of sp³-hybridized carbons (Fsp3) is 0.370. The quantitative estimate of drug-likeness (QED) is 0.385. The number of nitrogens with one attached hydrogen (secondary N) is 1. The van der Waals surface area contributed by atoms with Crippen molar-refractivity contribution >= 4 is 28.4 Å². The monoisotopic (exact) mass is 485 g/mol. The fourth-order valence-electron chi connectivity index (χ4n) is 4.72. The number of pyridine rings is 2. The third-order valence-electron chi connectivity index (χ3n) is 6.62. The number of anilines is 2. The van der Waals surface area contributed by atoms with Gasteiger partial charge in [0.15, 0.2) is 5.82 Å². The summed E-state index contributed by atoms with van der Waals surface area (Å²) >= 11 is 0. The van der Waals surface area contributed by atoms with Gasteiger partial charge < -0.3 is 19.5 Å². The minimum Gasteiger partial charge on any atom is -0.385 e. The molecule has 4 heterocycles. The largest absolute Gasteiger partial charge is 0.385 e. The maximum atomic E-state index is 13.1. The molecule has 36 heavy (non-hydrogen) atoms. The second-order valence-electron chi connectivity index (χ2n) is 9.37. The molecule has 0 radical (unpaired) electrons. The Kier molecular flexibility index (Phi) is 6.90. The molecule has 1 aliphatic heterocycles. The third kappa shape index (κ3) is 4.92. The summed E-state index contributed by atoms with van der Waals surface area (Å²) in [5.74, 6) is 1.82. The van der Waals surface area contributed by atoms with E-state index in [0.29, 0.717) is 28.9 Å². The molecule has 0 saturated carbocycles. The lowest BCUT2D eigenvalue weighted by atomic mass is 10.1. The molecule has 3 aromatic heterocycles. The Labute approximate surface area is 210 Å². The first-order valence-corrected chi connectivity index (χ1v) is 12.4. The zero-order chi connectivity index (χ0) is 25.1. The van der Waals surface area contributed by atoms with Crippen LogP contribution in [-0.4, -0.2) is 56.9 Å². The summed E-state index contributed by atoms with van der Waals surface area (Å²) in [6.45, 7) is 5.84. The number of benzene rings is 1. The predicted octanol–water partition coefficient (Wildman–Crippen LogP) is 4.73. The Morgan fingerprint density at radius 3 is 2.86 bits per heavy atom. The molecule has 186 valence electrons. The molecule has 0 unspecified atom stereocenters. The van der Waals surface area contributed by atoms with Gasteiger partial charge in [0.2, 0.25) is 0 Å². The zero-order valence-corrected chi connectivity index (χ0v) is 20.9. The molecule has 1 aromatic carbocycles. The molecule has 1 fully saturated rings. The average molecular weight is 486 g/mol. The molecular formula is C27H31N7O2. The SMILES string of the molecule is COCC[C@@H]1CCCN1c1ccc2ccc(C(=O)Nc3cccc(-c4nncn4C(C)C)n3)cc2n1. The molecule has 1 aliphatic rings. The smallest absolute Gasteiger partial charge is 0.256 e. The molecule has 1 N–H and O–H groups in total. The number of aromatic nitrogens is 5. The Morgan fingerprint density at radius 2 is 2.03 bits per heavy atom. The Morgan fingerprint density at radius 1 is 1.17 bits per heavy atom. The summed E-state index contributed by atoms with van der Waals surface area (Å²) in [6.07, 6.45) is 4.96. The van der Waals surface area contributed by atoms with Crippen LogP contribution in [-0.2, 0) is 4.74 Å². The van der Waals surface area contributed by atoms with Gasteiger partial charge in [0.25, 0.3) is 5.91 Å². The van der Waals surface area contributed by atoms with Crippen molar-refractivity contribution in [3.05, 3.63) is 60.4 Å². The van der Waals surface area contributed by atoms with Crippen LogP contribution in [0.4, 0.5) is 11.6 Å². The number of methoxy groups -OCH3 is 1. The summed E-state index contributed by atoms with van der Waals surface area (Å²) in [7, 11) is 1.74. The van der Waals surface area contributed by atoms with E-state index in [1.54, 1.807) is 19.5 Å². The minimum absolute atomic E-state index is 0.195. The standard InChI is InChI=1S/C27H31N7O2/c1-18(2)34-17-28-32-26(34)22-7-4-8-24(29-22)31-27(35)20-10-9-19-11-12-25(30-23(19)16-20)33-14-5-6-21(33)13-15-36-3/h4,7-12,16-18,21H,5-6,13-15H2,1-3H3,(H,29,31,35)/t21-/m0/s1. The van der Waals surface area contributed by atoms with Crippen LogP contribution in [0.5, 0.6) is 0 Å². The highest BCUT2D eigenvalue weighted by Gasteiger charge is 2.25. The second-order valence-corrected chi connectivity index (χ2v) is 9.37. The van der Waals surface area contributed by atoms with E-state index in [1.165, 1.54) is 0 Å². The van der Waals surface area contributed by atoms with E-state index >= 15 is 0 Å². The molecule has 0 spiro atoms. The molecule has 5 rings (SSSR count). The van der Waals surface area contributed by atoms with Gasteiger partial charge in [-0.15, -0.1) is 10.2 Å². The molecule has 4 aromatic rings. The number of rotatable bonds is 8. The van der Waals surface area contributed by atoms with Gasteiger partial charge in [-0.05, 0) is 69.5 Å². The van der Waals surface area contributed by atoms with Crippen molar-refractivity contribution < 1.29 is 9.53 Å². The van der Waals surface area contributed by atoms with Crippen LogP contribution in [0.15, 0.2) is 54.9 Å². The fourth-order valence-corrected chi connectivity index (χ4v) is 4.72. The zero-order valence-electron chi connectivity index (χ0n) is 20.9. The van der Waals surface area contributed by atoms with E-state index in [4.69, 9.17) is 9.72 Å². The maximum Gasteiger partial charge on any atom is 0.256 e. The highest BCUT2D eigenvalue weighted by atomic mass is 16.5. The highest BCUT2D eigenvalue weighted by molar-refractivity contribution is 6.05. The van der Waals surface area contributed by atoms with Gasteiger partial charge in [0.1, 0.15) is 23.7 Å². The number of hydrogen-bond donors (Lipinski definition) is 1. The molecular weight excluding hydrogens is 454 g/mol. The topological polar surface area (TPSA) is 98.1 Å². The number of ether oxygens (including phenoxy) is 1. The van der Waals surface area contributed by atoms with E-state index < -0.39 is 0 Å². The Balaban J connectivity index is 1.36. The predicted molar refractivity (Wildman–Crippen MR) is 140 cm³/mol. The van der Waals surface area contributed by atoms with Crippen LogP contribution in [0.25, 0.3) is 22.4 Å². The van der Waals surface area contributed by atoms with Gasteiger partial charge in [-0.3, -0.25) is 4.79 Å². The number of carbonyl (C=O) groups excluding carboxylic acids is 1. The van der Waals surface area contributed by atoms with Crippen molar-refractivity contribution in [1.29, 1.82) is 0 Å². The van der Waals surface area contributed by atoms with Gasteiger partial charge >= 0.3 is 0 Å². The number of amides is 1. The molecule has 1 saturated heterocycles. The average Bonchev–Trinajstić information content (AvgIpc) is 3.57. The summed E-state index contributed by atoms with van der Waals surface area (Å²) in [5.41, 5.74) is 1.98. The minimum atomic E-state index is -0.238. The molecule has 0 aliphatic carbocycles. The number of carbonyl (C=O) groups is 1. The molecule has 9 nitrogen and oxygen atoms in total. The van der Waals surface area contributed by atoms with Crippen LogP contribution < -0.4 is 10.2 Å². The van der Waals surface area contributed by atoms with E-state index in [9.17, 15) is 4.79 Å². The van der Waals surface area contributed by atoms with E-state index in [1.807, 2.05) is 34.9 Å². The Bertz CT molecular complexity index is 1370. The number of hydrogen-bond acceptors (Lipinski definition) is 7. The van der Waals surface area contributed by atoms with Gasteiger partial charge in [0.05, 0.1) is 5.52 Å². The first kappa shape index (κ1) is 23.9. The van der Waals surface area contributed by atoms with Crippen LogP contribution in [0.1, 0.15) is 49.5 Å².